The van der Waals surface area contributed by atoms with Crippen molar-refractivity contribution in [3.8, 4) is 11.5 Å². The number of rotatable bonds is 11. The third-order valence-corrected chi connectivity index (χ3v) is 6.71. The number of carbonyl (C=O) groups is 1. The average Bonchev–Trinajstić information content (AvgIpc) is 2.72. The normalized spacial score (nSPS) is 12.4. The predicted molar refractivity (Wildman–Crippen MR) is 109 cm³/mol. The van der Waals surface area contributed by atoms with Crippen LogP contribution in [0.1, 0.15) is 41.8 Å². The van der Waals surface area contributed by atoms with E-state index in [1.54, 1.807) is 56.3 Å². The number of hydrogen-bond donors (Lipinski definition) is 0. The number of ketones is 1. The van der Waals surface area contributed by atoms with E-state index in [0.29, 0.717) is 22.6 Å². The van der Waals surface area contributed by atoms with E-state index in [0.717, 1.165) is 0 Å². The van der Waals surface area contributed by atoms with Gasteiger partial charge in [0, 0.05) is 12.0 Å². The van der Waals surface area contributed by atoms with Crippen molar-refractivity contribution in [2.24, 2.45) is 0 Å². The second-order valence-corrected chi connectivity index (χ2v) is 8.18. The lowest BCUT2D eigenvalue weighted by Gasteiger charge is -2.28. The average molecular weight is 406 g/mol. The molecule has 0 bridgehead atoms. The maximum absolute atomic E-state index is 13.7. The predicted octanol–water partition coefficient (Wildman–Crippen LogP) is 5.28. The third-order valence-electron chi connectivity index (χ3n) is 4.27. The van der Waals surface area contributed by atoms with Crippen molar-refractivity contribution in [3.63, 3.8) is 0 Å². The first-order valence-corrected chi connectivity index (χ1v) is 10.8. The van der Waals surface area contributed by atoms with Crippen molar-refractivity contribution in [2.45, 2.75) is 25.9 Å². The molecule has 0 aliphatic rings. The summed E-state index contributed by atoms with van der Waals surface area (Å²) in [6.45, 7) is 3.85. The summed E-state index contributed by atoms with van der Waals surface area (Å²) < 4.78 is 35.9. The Hall–Kier alpha value is -2.14. The number of ether oxygens (including phenoxy) is 2. The van der Waals surface area contributed by atoms with Gasteiger partial charge in [0.1, 0.15) is 17.2 Å². The number of Topliss-reactive ketones (excluding diaryl/α,β-unsaturated/α-hetero) is 1. The lowest BCUT2D eigenvalue weighted by Crippen LogP contribution is -2.14. The van der Waals surface area contributed by atoms with Gasteiger partial charge in [-0.3, -0.25) is 9.36 Å². The molecule has 0 aliphatic carbocycles. The number of benzene rings is 2. The van der Waals surface area contributed by atoms with Gasteiger partial charge in [-0.2, -0.15) is 0 Å². The Morgan fingerprint density at radius 1 is 0.893 bits per heavy atom. The van der Waals surface area contributed by atoms with E-state index >= 15 is 0 Å². The molecule has 0 spiro atoms. The maximum Gasteiger partial charge on any atom is 0.338 e. The SMILES string of the molecule is CCOP(=O)(OCC)[C@@H](CC(=O)c1ccccc1)c1c(OC)cccc1OC. The van der Waals surface area contributed by atoms with Crippen LogP contribution in [0.2, 0.25) is 0 Å². The topological polar surface area (TPSA) is 71.1 Å². The Morgan fingerprint density at radius 2 is 1.43 bits per heavy atom. The zero-order valence-corrected chi connectivity index (χ0v) is 17.6. The summed E-state index contributed by atoms with van der Waals surface area (Å²) in [7, 11) is -0.658. The molecule has 152 valence electrons. The molecule has 2 rings (SSSR count). The van der Waals surface area contributed by atoms with E-state index in [-0.39, 0.29) is 25.4 Å². The van der Waals surface area contributed by atoms with Crippen molar-refractivity contribution < 1.29 is 27.9 Å². The molecule has 0 N–H and O–H groups in total. The van der Waals surface area contributed by atoms with Crippen molar-refractivity contribution in [1.29, 1.82) is 0 Å². The summed E-state index contributed by atoms with van der Waals surface area (Å²) >= 11 is 0. The first-order chi connectivity index (χ1) is 13.5. The molecule has 0 heterocycles. The minimum absolute atomic E-state index is 0.0714. The molecule has 0 radical (unpaired) electrons. The Labute approximate surface area is 166 Å². The van der Waals surface area contributed by atoms with E-state index in [1.807, 2.05) is 6.07 Å². The summed E-state index contributed by atoms with van der Waals surface area (Å²) in [6.07, 6.45) is -0.0714. The quantitative estimate of drug-likeness (QED) is 0.373. The summed E-state index contributed by atoms with van der Waals surface area (Å²) in [5.74, 6) is 0.757. The van der Waals surface area contributed by atoms with Crippen LogP contribution in [0.3, 0.4) is 0 Å². The van der Waals surface area contributed by atoms with E-state index in [9.17, 15) is 9.36 Å². The molecule has 28 heavy (non-hydrogen) atoms. The molecular formula is C21H27O6P. The first kappa shape index (κ1) is 22.2. The first-order valence-electron chi connectivity index (χ1n) is 9.18. The molecule has 0 amide bonds. The molecular weight excluding hydrogens is 379 g/mol. The van der Waals surface area contributed by atoms with Crippen LogP contribution < -0.4 is 9.47 Å². The van der Waals surface area contributed by atoms with Crippen molar-refractivity contribution >= 4 is 13.4 Å². The minimum Gasteiger partial charge on any atom is -0.496 e. The molecule has 2 aromatic rings. The van der Waals surface area contributed by atoms with E-state index in [4.69, 9.17) is 18.5 Å². The second kappa shape index (κ2) is 10.4. The fraction of sp³-hybridized carbons (Fsp3) is 0.381. The van der Waals surface area contributed by atoms with Gasteiger partial charge in [-0.25, -0.2) is 0 Å². The Morgan fingerprint density at radius 3 is 1.89 bits per heavy atom. The molecule has 0 saturated carbocycles. The van der Waals surface area contributed by atoms with Gasteiger partial charge in [0.25, 0.3) is 0 Å². The second-order valence-electron chi connectivity index (χ2n) is 5.96. The molecule has 0 fully saturated rings. The molecule has 0 aromatic heterocycles. The summed E-state index contributed by atoms with van der Waals surface area (Å²) in [4.78, 5) is 13.0. The van der Waals surface area contributed by atoms with Gasteiger partial charge in [0.2, 0.25) is 0 Å². The molecule has 2 aromatic carbocycles. The smallest absolute Gasteiger partial charge is 0.338 e. The largest absolute Gasteiger partial charge is 0.496 e. The number of hydrogen-bond acceptors (Lipinski definition) is 6. The van der Waals surface area contributed by atoms with Crippen LogP contribution in [-0.2, 0) is 13.6 Å². The maximum atomic E-state index is 13.7. The minimum atomic E-state index is -3.69. The monoisotopic (exact) mass is 406 g/mol. The summed E-state index contributed by atoms with van der Waals surface area (Å²) in [5, 5.41) is 0. The molecule has 6 nitrogen and oxygen atoms in total. The Balaban J connectivity index is 2.60. The summed E-state index contributed by atoms with van der Waals surface area (Å²) in [5.41, 5.74) is 0.161. The van der Waals surface area contributed by atoms with Crippen LogP contribution in [0.25, 0.3) is 0 Å². The van der Waals surface area contributed by atoms with E-state index < -0.39 is 13.3 Å². The zero-order valence-electron chi connectivity index (χ0n) is 16.7. The van der Waals surface area contributed by atoms with Gasteiger partial charge in [-0.05, 0) is 26.0 Å². The molecule has 0 saturated heterocycles. The molecule has 7 heteroatoms. The zero-order chi connectivity index (χ0) is 20.6. The fourth-order valence-electron chi connectivity index (χ4n) is 3.07. The van der Waals surface area contributed by atoms with Gasteiger partial charge in [-0.1, -0.05) is 36.4 Å². The molecule has 0 unspecified atom stereocenters. The van der Waals surface area contributed by atoms with Crippen molar-refractivity contribution in [1.82, 2.24) is 0 Å². The highest BCUT2D eigenvalue weighted by molar-refractivity contribution is 7.54. The van der Waals surface area contributed by atoms with Crippen LogP contribution in [0, 0.1) is 0 Å². The lowest BCUT2D eigenvalue weighted by molar-refractivity contribution is 0.0973. The van der Waals surface area contributed by atoms with Gasteiger partial charge >= 0.3 is 7.60 Å². The summed E-state index contributed by atoms with van der Waals surface area (Å²) in [6, 6.07) is 14.1. The van der Waals surface area contributed by atoms with Gasteiger partial charge in [0.15, 0.2) is 5.78 Å². The van der Waals surface area contributed by atoms with Crippen LogP contribution in [0.4, 0.5) is 0 Å². The standard InChI is InChI=1S/C21H27O6P/c1-5-26-28(23,27-6-2)20(15-17(22)16-11-8-7-9-12-16)21-18(24-3)13-10-14-19(21)25-4/h7-14,20H,5-6,15H2,1-4H3/t20-/m0/s1. The van der Waals surface area contributed by atoms with Crippen molar-refractivity contribution in [2.75, 3.05) is 27.4 Å². The highest BCUT2D eigenvalue weighted by Crippen LogP contribution is 2.65. The van der Waals surface area contributed by atoms with Crippen LogP contribution >= 0.6 is 7.60 Å². The highest BCUT2D eigenvalue weighted by atomic mass is 31.2. The Bertz CT molecular complexity index is 789. The molecule has 0 aliphatic heterocycles. The van der Waals surface area contributed by atoms with Crippen LogP contribution in [0.15, 0.2) is 48.5 Å². The number of carbonyl (C=O) groups excluding carboxylic acids is 1. The van der Waals surface area contributed by atoms with Gasteiger partial charge < -0.3 is 18.5 Å². The van der Waals surface area contributed by atoms with Gasteiger partial charge in [0.05, 0.1) is 33.0 Å². The van der Waals surface area contributed by atoms with Crippen LogP contribution in [-0.4, -0.2) is 33.2 Å². The van der Waals surface area contributed by atoms with Crippen molar-refractivity contribution in [3.05, 3.63) is 59.7 Å². The number of methoxy groups -OCH3 is 2. The molecule has 1 atom stereocenters. The highest BCUT2D eigenvalue weighted by Gasteiger charge is 2.41. The lowest BCUT2D eigenvalue weighted by atomic mass is 10.0. The fourth-order valence-corrected chi connectivity index (χ4v) is 5.19. The van der Waals surface area contributed by atoms with Crippen LogP contribution in [0.5, 0.6) is 11.5 Å². The van der Waals surface area contributed by atoms with E-state index in [1.165, 1.54) is 14.2 Å². The third kappa shape index (κ3) is 5.02. The Kier molecular flexibility index (Phi) is 8.24. The van der Waals surface area contributed by atoms with Gasteiger partial charge in [-0.15, -0.1) is 0 Å². The van der Waals surface area contributed by atoms with E-state index in [2.05, 4.69) is 0 Å².